The summed E-state index contributed by atoms with van der Waals surface area (Å²) in [6.07, 6.45) is 0. The molecule has 5 aromatic carbocycles. The predicted molar refractivity (Wildman–Crippen MR) is 162 cm³/mol. The van der Waals surface area contributed by atoms with E-state index in [4.69, 9.17) is 5.11 Å². The predicted octanol–water partition coefficient (Wildman–Crippen LogP) is 9.47. The molecule has 1 nitrogen and oxygen atoms in total. The zero-order valence-corrected chi connectivity index (χ0v) is 23.0. The van der Waals surface area contributed by atoms with Gasteiger partial charge in [0.15, 0.2) is 0 Å². The van der Waals surface area contributed by atoms with Gasteiger partial charge in [0.1, 0.15) is 0 Å². The molecule has 1 N–H and O–H groups in total. The maximum Gasteiger partial charge on any atom is 0.0681 e. The molecule has 0 spiro atoms. The van der Waals surface area contributed by atoms with Crippen LogP contribution in [0.25, 0.3) is 0 Å². The van der Waals surface area contributed by atoms with Crippen LogP contribution in [0.15, 0.2) is 146 Å². The van der Waals surface area contributed by atoms with Crippen LogP contribution in [-0.2, 0) is 6.61 Å². The average molecular weight is 491 g/mol. The smallest absolute Gasteiger partial charge is 0.0681 e. The van der Waals surface area contributed by atoms with Crippen molar-refractivity contribution in [1.29, 1.82) is 0 Å². The molecule has 0 aliphatic rings. The molecule has 5 rings (SSSR count). The number of hydrogen-bond donors (Lipinski definition) is 1. The zero-order valence-electron chi connectivity index (χ0n) is 23.0. The molecule has 0 aromatic heterocycles. The van der Waals surface area contributed by atoms with Crippen molar-refractivity contribution >= 4 is 0 Å². The summed E-state index contributed by atoms with van der Waals surface area (Å²) in [7, 11) is 0. The van der Waals surface area contributed by atoms with Crippen molar-refractivity contribution in [3.05, 3.63) is 179 Å². The third kappa shape index (κ3) is 18.1. The van der Waals surface area contributed by atoms with Crippen LogP contribution in [0.4, 0.5) is 0 Å². The molecule has 0 saturated heterocycles. The van der Waals surface area contributed by atoms with Gasteiger partial charge in [0.2, 0.25) is 0 Å². The Kier molecular flexibility index (Phi) is 17.0. The van der Waals surface area contributed by atoms with Gasteiger partial charge in [-0.3, -0.25) is 0 Å². The maximum absolute atomic E-state index is 8.63. The highest BCUT2D eigenvalue weighted by Crippen LogP contribution is 2.01. The van der Waals surface area contributed by atoms with Gasteiger partial charge < -0.3 is 5.11 Å². The molecule has 192 valence electrons. The monoisotopic (exact) mass is 490 g/mol. The topological polar surface area (TPSA) is 20.2 Å². The highest BCUT2D eigenvalue weighted by molar-refractivity contribution is 5.20. The molecule has 0 bridgehead atoms. The van der Waals surface area contributed by atoms with Crippen LogP contribution in [-0.4, -0.2) is 5.11 Å². The number of aliphatic hydroxyl groups excluding tert-OH is 1. The first-order chi connectivity index (χ1) is 17.9. The summed E-state index contributed by atoms with van der Waals surface area (Å²) in [6, 6.07) is 48.9. The molecule has 0 saturated carbocycles. The zero-order chi connectivity index (χ0) is 27.1. The van der Waals surface area contributed by atoms with Crippen molar-refractivity contribution in [3.63, 3.8) is 0 Å². The van der Waals surface area contributed by atoms with Crippen LogP contribution in [0.1, 0.15) is 33.4 Å². The number of hydrogen-bond acceptors (Lipinski definition) is 1. The molecule has 0 radical (unpaired) electrons. The molecule has 5 aromatic rings. The second-order valence-corrected chi connectivity index (χ2v) is 8.76. The van der Waals surface area contributed by atoms with Gasteiger partial charge in [0, 0.05) is 0 Å². The van der Waals surface area contributed by atoms with Crippen molar-refractivity contribution in [2.45, 2.75) is 41.2 Å². The van der Waals surface area contributed by atoms with Gasteiger partial charge in [-0.05, 0) is 40.2 Å². The molecule has 0 atom stereocenters. The molecular formula is C36H42O. The molecule has 0 unspecified atom stereocenters. The Hall–Kier alpha value is -3.94. The lowest BCUT2D eigenvalue weighted by Gasteiger charge is -1.93. The van der Waals surface area contributed by atoms with Crippen LogP contribution in [0.3, 0.4) is 0 Å². The van der Waals surface area contributed by atoms with Gasteiger partial charge in [0.25, 0.3) is 0 Å². The average Bonchev–Trinajstić information content (AvgIpc) is 2.92. The third-order valence-electron chi connectivity index (χ3n) is 5.06. The van der Waals surface area contributed by atoms with Gasteiger partial charge in [-0.2, -0.15) is 0 Å². The van der Waals surface area contributed by atoms with E-state index in [9.17, 15) is 0 Å². The van der Waals surface area contributed by atoms with Crippen molar-refractivity contribution in [3.8, 4) is 0 Å². The first-order valence-corrected chi connectivity index (χ1v) is 12.6. The quantitative estimate of drug-likeness (QED) is 0.248. The lowest BCUT2D eigenvalue weighted by molar-refractivity contribution is 0.282. The van der Waals surface area contributed by atoms with Gasteiger partial charge in [-0.15, -0.1) is 0 Å². The van der Waals surface area contributed by atoms with E-state index < -0.39 is 0 Å². The fourth-order valence-corrected chi connectivity index (χ4v) is 2.83. The Balaban J connectivity index is 0.000000232. The second kappa shape index (κ2) is 20.3. The molecule has 0 aliphatic heterocycles. The molecule has 1 heteroatoms. The Labute approximate surface area is 225 Å². The second-order valence-electron chi connectivity index (χ2n) is 8.76. The minimum Gasteiger partial charge on any atom is -0.392 e. The summed E-state index contributed by atoms with van der Waals surface area (Å²) in [6.45, 7) is 10.5. The lowest BCUT2D eigenvalue weighted by atomic mass is 10.2. The summed E-state index contributed by atoms with van der Waals surface area (Å²) in [5.74, 6) is 0. The van der Waals surface area contributed by atoms with Crippen LogP contribution < -0.4 is 0 Å². The summed E-state index contributed by atoms with van der Waals surface area (Å²) < 4.78 is 0. The molecule has 0 amide bonds. The van der Waals surface area contributed by atoms with Crippen molar-refractivity contribution in [2.75, 3.05) is 0 Å². The largest absolute Gasteiger partial charge is 0.392 e. The summed E-state index contributed by atoms with van der Waals surface area (Å²) >= 11 is 0. The van der Waals surface area contributed by atoms with E-state index in [1.807, 2.05) is 104 Å². The van der Waals surface area contributed by atoms with E-state index in [1.165, 1.54) is 27.8 Å². The van der Waals surface area contributed by atoms with Gasteiger partial charge in [0.05, 0.1) is 6.61 Å². The lowest BCUT2D eigenvalue weighted by Crippen LogP contribution is -1.80. The third-order valence-corrected chi connectivity index (χ3v) is 5.06. The van der Waals surface area contributed by atoms with Crippen LogP contribution in [0.2, 0.25) is 0 Å². The molecule has 0 heterocycles. The van der Waals surface area contributed by atoms with Crippen LogP contribution >= 0.6 is 0 Å². The highest BCUT2D eigenvalue weighted by Gasteiger charge is 1.85. The molecule has 0 aliphatic carbocycles. The fraction of sp³-hybridized carbons (Fsp3) is 0.167. The number of rotatable bonds is 1. The number of aryl methyl sites for hydroxylation is 5. The molecule has 0 fully saturated rings. The normalized spacial score (nSPS) is 8.92. The van der Waals surface area contributed by atoms with Crippen molar-refractivity contribution in [1.82, 2.24) is 0 Å². The summed E-state index contributed by atoms with van der Waals surface area (Å²) in [5, 5.41) is 8.63. The highest BCUT2D eigenvalue weighted by atomic mass is 16.3. The minimum absolute atomic E-state index is 0.139. The first-order valence-electron chi connectivity index (χ1n) is 12.6. The van der Waals surface area contributed by atoms with E-state index in [-0.39, 0.29) is 6.61 Å². The Bertz CT molecular complexity index is 1000. The van der Waals surface area contributed by atoms with Crippen molar-refractivity contribution < 1.29 is 5.11 Å². The maximum atomic E-state index is 8.63. The Morgan fingerprint density at radius 1 is 0.324 bits per heavy atom. The number of aliphatic hydroxyl groups is 1. The standard InChI is InChI=1S/C8H10O.4C7H8/c1-7-2-4-8(6-9)5-3-7;4*1-7-5-3-2-4-6-7/h2-5,9H,6H2,1H3;4*2-6H,1H3. The number of benzene rings is 5. The van der Waals surface area contributed by atoms with E-state index in [0.29, 0.717) is 0 Å². The van der Waals surface area contributed by atoms with Gasteiger partial charge in [-0.1, -0.05) is 173 Å². The van der Waals surface area contributed by atoms with E-state index in [0.717, 1.165) is 5.56 Å². The first kappa shape index (κ1) is 31.1. The van der Waals surface area contributed by atoms with Gasteiger partial charge >= 0.3 is 0 Å². The van der Waals surface area contributed by atoms with Gasteiger partial charge in [-0.25, -0.2) is 0 Å². The SMILES string of the molecule is Cc1ccc(CO)cc1.Cc1ccccc1.Cc1ccccc1.Cc1ccccc1.Cc1ccccc1. The van der Waals surface area contributed by atoms with Crippen LogP contribution in [0.5, 0.6) is 0 Å². The Morgan fingerprint density at radius 3 is 0.703 bits per heavy atom. The van der Waals surface area contributed by atoms with Crippen molar-refractivity contribution in [2.24, 2.45) is 0 Å². The summed E-state index contributed by atoms with van der Waals surface area (Å²) in [4.78, 5) is 0. The van der Waals surface area contributed by atoms with E-state index in [1.54, 1.807) is 0 Å². The molecule has 37 heavy (non-hydrogen) atoms. The van der Waals surface area contributed by atoms with E-state index in [2.05, 4.69) is 76.2 Å². The molecular weight excluding hydrogens is 448 g/mol. The minimum atomic E-state index is 0.139. The Morgan fingerprint density at radius 2 is 0.541 bits per heavy atom. The van der Waals surface area contributed by atoms with E-state index >= 15 is 0 Å². The fourth-order valence-electron chi connectivity index (χ4n) is 2.83. The summed E-state index contributed by atoms with van der Waals surface area (Å²) in [5.41, 5.74) is 7.49. The van der Waals surface area contributed by atoms with Crippen LogP contribution in [0, 0.1) is 34.6 Å².